The number of anilines is 1. The molecule has 0 saturated heterocycles. The maximum absolute atomic E-state index is 15.0. The van der Waals surface area contributed by atoms with Gasteiger partial charge in [0, 0.05) is 43.5 Å². The van der Waals surface area contributed by atoms with Crippen LogP contribution in [0.4, 0.5) is 10.2 Å². The number of aromatic nitrogens is 3. The first-order valence-corrected chi connectivity index (χ1v) is 12.3. The van der Waals surface area contributed by atoms with Crippen LogP contribution in [0.1, 0.15) is 52.4 Å². The number of fused-ring (bicyclic) bond motifs is 2. The Kier molecular flexibility index (Phi) is 5.69. The second-order valence-electron chi connectivity index (χ2n) is 11.3. The summed E-state index contributed by atoms with van der Waals surface area (Å²) in [5.74, 6) is 0.130. The topological polar surface area (TPSA) is 71.2 Å². The Morgan fingerprint density at radius 2 is 1.77 bits per heavy atom. The highest BCUT2D eigenvalue weighted by Gasteiger charge is 2.47. The molecule has 2 aliphatic carbocycles. The number of halogens is 1. The standard InChI is InChI=1S/C28H33FN4O2/c1-27-9-5-10-28(2,17-27)16-19(15-27)33(4)25-7-6-23(30-31-25)21-13-22(29)20(14-24(21)34)18-8-11-32(3)26(35)12-18/h6-8,11-14,19,34H,5,9-10,15-17H2,1-4H3/t19-,27-,28+. The molecule has 2 aliphatic rings. The largest absolute Gasteiger partial charge is 0.507 e. The lowest BCUT2D eigenvalue weighted by atomic mass is 9.55. The number of phenolic OH excluding ortho intramolecular Hbond substituents is 1. The van der Waals surface area contributed by atoms with E-state index < -0.39 is 5.82 Å². The highest BCUT2D eigenvalue weighted by atomic mass is 19.1. The third kappa shape index (κ3) is 4.44. The second-order valence-corrected chi connectivity index (χ2v) is 11.3. The van der Waals surface area contributed by atoms with E-state index in [2.05, 4.69) is 36.0 Å². The number of hydrogen-bond acceptors (Lipinski definition) is 5. The molecule has 0 amide bonds. The normalized spacial score (nSPS) is 25.9. The lowest BCUT2D eigenvalue weighted by Gasteiger charge is -2.54. The summed E-state index contributed by atoms with van der Waals surface area (Å²) in [4.78, 5) is 14.2. The van der Waals surface area contributed by atoms with Crippen molar-refractivity contribution in [2.24, 2.45) is 17.9 Å². The van der Waals surface area contributed by atoms with E-state index in [4.69, 9.17) is 0 Å². The monoisotopic (exact) mass is 476 g/mol. The van der Waals surface area contributed by atoms with Crippen molar-refractivity contribution < 1.29 is 9.50 Å². The number of benzene rings is 1. The van der Waals surface area contributed by atoms with E-state index in [-0.39, 0.29) is 22.4 Å². The second kappa shape index (κ2) is 8.47. The number of pyridine rings is 1. The highest BCUT2D eigenvalue weighted by Crippen LogP contribution is 2.56. The first-order chi connectivity index (χ1) is 16.6. The van der Waals surface area contributed by atoms with E-state index in [1.807, 2.05) is 6.07 Å². The van der Waals surface area contributed by atoms with E-state index in [1.54, 1.807) is 25.4 Å². The summed E-state index contributed by atoms with van der Waals surface area (Å²) in [6, 6.07) is 9.65. The fourth-order valence-electron chi connectivity index (χ4n) is 6.53. The molecule has 1 aromatic carbocycles. The van der Waals surface area contributed by atoms with Gasteiger partial charge in [-0.25, -0.2) is 4.39 Å². The Labute approximate surface area is 205 Å². The molecule has 184 valence electrons. The zero-order valence-corrected chi connectivity index (χ0v) is 20.9. The summed E-state index contributed by atoms with van der Waals surface area (Å²) < 4.78 is 16.4. The molecule has 0 aliphatic heterocycles. The van der Waals surface area contributed by atoms with E-state index in [0.717, 1.165) is 18.7 Å². The summed E-state index contributed by atoms with van der Waals surface area (Å²) in [5, 5.41) is 19.4. The van der Waals surface area contributed by atoms with Gasteiger partial charge in [0.05, 0.1) is 5.69 Å². The summed E-state index contributed by atoms with van der Waals surface area (Å²) in [5.41, 5.74) is 1.75. The van der Waals surface area contributed by atoms with Crippen molar-refractivity contribution in [2.45, 2.75) is 58.4 Å². The Hall–Kier alpha value is -3.22. The van der Waals surface area contributed by atoms with Gasteiger partial charge in [-0.2, -0.15) is 0 Å². The molecule has 7 heteroatoms. The molecule has 6 nitrogen and oxygen atoms in total. The van der Waals surface area contributed by atoms with E-state index in [9.17, 15) is 14.3 Å². The minimum atomic E-state index is -0.538. The Morgan fingerprint density at radius 1 is 1.06 bits per heavy atom. The Bertz CT molecular complexity index is 1300. The van der Waals surface area contributed by atoms with Crippen molar-refractivity contribution in [3.63, 3.8) is 0 Å². The molecule has 2 saturated carbocycles. The molecule has 2 bridgehead atoms. The summed E-state index contributed by atoms with van der Waals surface area (Å²) in [6.07, 6.45) is 9.07. The predicted octanol–water partition coefficient (Wildman–Crippen LogP) is 5.54. The molecule has 5 rings (SSSR count). The Balaban J connectivity index is 1.39. The van der Waals surface area contributed by atoms with Gasteiger partial charge in [0.2, 0.25) is 0 Å². The lowest BCUT2D eigenvalue weighted by Crippen LogP contribution is -2.49. The molecular formula is C28H33FN4O2. The molecule has 3 atom stereocenters. The van der Waals surface area contributed by atoms with Crippen LogP contribution in [0, 0.1) is 16.6 Å². The van der Waals surface area contributed by atoms with Crippen LogP contribution in [0.3, 0.4) is 0 Å². The SMILES string of the molecule is CN(c1ccc(-c2cc(F)c(-c3ccn(C)c(=O)c3)cc2O)nn1)[C@H]1C[C@]2(C)CCC[C@](C)(C1)C2. The van der Waals surface area contributed by atoms with Gasteiger partial charge < -0.3 is 14.6 Å². The number of aromatic hydroxyl groups is 1. The van der Waals surface area contributed by atoms with E-state index in [0.29, 0.717) is 28.1 Å². The zero-order chi connectivity index (χ0) is 25.0. The molecule has 0 radical (unpaired) electrons. The molecular weight excluding hydrogens is 443 g/mol. The minimum Gasteiger partial charge on any atom is -0.507 e. The van der Waals surface area contributed by atoms with Gasteiger partial charge in [-0.3, -0.25) is 4.79 Å². The van der Waals surface area contributed by atoms with Crippen LogP contribution < -0.4 is 10.5 Å². The molecule has 3 aromatic rings. The molecule has 2 heterocycles. The van der Waals surface area contributed by atoms with Crippen LogP contribution in [-0.2, 0) is 7.05 Å². The van der Waals surface area contributed by atoms with Crippen LogP contribution >= 0.6 is 0 Å². The average Bonchev–Trinajstić information content (AvgIpc) is 2.80. The zero-order valence-electron chi connectivity index (χ0n) is 20.9. The van der Waals surface area contributed by atoms with E-state index >= 15 is 0 Å². The fraction of sp³-hybridized carbons (Fsp3) is 0.464. The van der Waals surface area contributed by atoms with Gasteiger partial charge in [-0.05, 0) is 78.8 Å². The summed E-state index contributed by atoms with van der Waals surface area (Å²) >= 11 is 0. The van der Waals surface area contributed by atoms with Crippen LogP contribution in [0.15, 0.2) is 47.4 Å². The number of nitrogens with zero attached hydrogens (tertiary/aromatic N) is 4. The molecule has 2 fully saturated rings. The Morgan fingerprint density at radius 3 is 2.40 bits per heavy atom. The van der Waals surface area contributed by atoms with Crippen LogP contribution in [0.5, 0.6) is 5.75 Å². The maximum Gasteiger partial charge on any atom is 0.250 e. The molecule has 0 unspecified atom stereocenters. The average molecular weight is 477 g/mol. The fourth-order valence-corrected chi connectivity index (χ4v) is 6.53. The summed E-state index contributed by atoms with van der Waals surface area (Å²) in [7, 11) is 3.71. The van der Waals surface area contributed by atoms with Crippen molar-refractivity contribution in [3.05, 3.63) is 58.8 Å². The number of phenols is 1. The van der Waals surface area contributed by atoms with Gasteiger partial charge in [-0.1, -0.05) is 20.3 Å². The van der Waals surface area contributed by atoms with Gasteiger partial charge in [0.1, 0.15) is 11.6 Å². The first kappa shape index (κ1) is 23.5. The summed E-state index contributed by atoms with van der Waals surface area (Å²) in [6.45, 7) is 4.85. The third-order valence-corrected chi connectivity index (χ3v) is 8.21. The van der Waals surface area contributed by atoms with Crippen molar-refractivity contribution in [1.29, 1.82) is 0 Å². The third-order valence-electron chi connectivity index (χ3n) is 8.21. The number of rotatable bonds is 4. The van der Waals surface area contributed by atoms with Crippen LogP contribution in [0.2, 0.25) is 0 Å². The van der Waals surface area contributed by atoms with Crippen LogP contribution in [-0.4, -0.2) is 33.0 Å². The minimum absolute atomic E-state index is 0.113. The van der Waals surface area contributed by atoms with Gasteiger partial charge in [0.25, 0.3) is 5.56 Å². The van der Waals surface area contributed by atoms with Gasteiger partial charge >= 0.3 is 0 Å². The quantitative estimate of drug-likeness (QED) is 0.535. The van der Waals surface area contributed by atoms with Gasteiger partial charge in [-0.15, -0.1) is 10.2 Å². The highest BCUT2D eigenvalue weighted by molar-refractivity contribution is 5.74. The smallest absolute Gasteiger partial charge is 0.250 e. The first-order valence-electron chi connectivity index (χ1n) is 12.3. The molecule has 2 aromatic heterocycles. The molecule has 0 spiro atoms. The van der Waals surface area contributed by atoms with Gasteiger partial charge in [0.15, 0.2) is 5.82 Å². The number of aryl methyl sites for hydroxylation is 1. The van der Waals surface area contributed by atoms with Crippen molar-refractivity contribution >= 4 is 5.82 Å². The van der Waals surface area contributed by atoms with Crippen molar-refractivity contribution in [1.82, 2.24) is 14.8 Å². The van der Waals surface area contributed by atoms with Crippen molar-refractivity contribution in [2.75, 3.05) is 11.9 Å². The van der Waals surface area contributed by atoms with Crippen LogP contribution in [0.25, 0.3) is 22.4 Å². The number of hydrogen-bond donors (Lipinski definition) is 1. The predicted molar refractivity (Wildman–Crippen MR) is 136 cm³/mol. The molecule has 1 N–H and O–H groups in total. The van der Waals surface area contributed by atoms with E-state index in [1.165, 1.54) is 48.4 Å². The maximum atomic E-state index is 15.0. The van der Waals surface area contributed by atoms with Crippen molar-refractivity contribution in [3.8, 4) is 28.1 Å². The molecule has 35 heavy (non-hydrogen) atoms. The lowest BCUT2D eigenvalue weighted by molar-refractivity contribution is 0.0141.